The Morgan fingerprint density at radius 2 is 1.78 bits per heavy atom. The Kier molecular flexibility index (Phi) is 3.63. The van der Waals surface area contributed by atoms with Gasteiger partial charge < -0.3 is 4.42 Å². The summed E-state index contributed by atoms with van der Waals surface area (Å²) in [5.41, 5.74) is 5.48. The Morgan fingerprint density at radius 3 is 2.63 bits per heavy atom. The van der Waals surface area contributed by atoms with E-state index in [1.807, 2.05) is 6.20 Å². The molecule has 0 saturated heterocycles. The second kappa shape index (κ2) is 5.93. The van der Waals surface area contributed by atoms with Crippen molar-refractivity contribution < 1.29 is 4.42 Å². The van der Waals surface area contributed by atoms with Gasteiger partial charge in [-0.2, -0.15) is 0 Å². The zero-order chi connectivity index (χ0) is 18.6. The number of furan rings is 1. The second-order valence-corrected chi connectivity index (χ2v) is 9.29. The van der Waals surface area contributed by atoms with Crippen molar-refractivity contribution in [3.05, 3.63) is 65.7 Å². The van der Waals surface area contributed by atoms with Crippen molar-refractivity contribution in [3.63, 3.8) is 0 Å². The van der Waals surface area contributed by atoms with Crippen LogP contribution in [0.15, 0.2) is 64.5 Å². The molecule has 2 nitrogen and oxygen atoms in total. The molecule has 5 rings (SSSR count). The van der Waals surface area contributed by atoms with Crippen molar-refractivity contribution in [1.82, 2.24) is 4.98 Å². The maximum absolute atomic E-state index is 6.42. The van der Waals surface area contributed by atoms with E-state index in [0.29, 0.717) is 0 Å². The summed E-state index contributed by atoms with van der Waals surface area (Å²) in [4.78, 5) is 4.65. The Labute approximate surface area is 162 Å². The molecule has 0 radical (unpaired) electrons. The number of para-hydroxylation sites is 1. The van der Waals surface area contributed by atoms with Crippen LogP contribution in [0.25, 0.3) is 43.3 Å². The number of thiophene rings is 1. The number of pyridine rings is 1. The van der Waals surface area contributed by atoms with Crippen LogP contribution in [0.1, 0.15) is 26.3 Å². The molecule has 134 valence electrons. The van der Waals surface area contributed by atoms with Crippen LogP contribution < -0.4 is 0 Å². The first-order valence-corrected chi connectivity index (χ1v) is 10.1. The number of hydrogen-bond acceptors (Lipinski definition) is 3. The number of rotatable bonds is 2. The zero-order valence-corrected chi connectivity index (χ0v) is 16.6. The van der Waals surface area contributed by atoms with Crippen molar-refractivity contribution in [2.75, 3.05) is 0 Å². The van der Waals surface area contributed by atoms with Gasteiger partial charge in [0, 0.05) is 32.6 Å². The quantitative estimate of drug-likeness (QED) is 0.322. The molecule has 0 atom stereocenters. The van der Waals surface area contributed by atoms with Gasteiger partial charge in [-0.1, -0.05) is 32.9 Å². The van der Waals surface area contributed by atoms with Crippen LogP contribution in [0.5, 0.6) is 0 Å². The summed E-state index contributed by atoms with van der Waals surface area (Å²) in [6.07, 6.45) is 2.93. The van der Waals surface area contributed by atoms with E-state index >= 15 is 0 Å². The highest BCUT2D eigenvalue weighted by molar-refractivity contribution is 7.17. The van der Waals surface area contributed by atoms with E-state index in [-0.39, 0.29) is 5.41 Å². The Morgan fingerprint density at radius 1 is 0.926 bits per heavy atom. The lowest BCUT2D eigenvalue weighted by Crippen LogP contribution is -2.09. The minimum Gasteiger partial charge on any atom is -0.455 e. The third kappa shape index (κ3) is 2.83. The van der Waals surface area contributed by atoms with E-state index in [2.05, 4.69) is 79.7 Å². The lowest BCUT2D eigenvalue weighted by atomic mass is 9.88. The summed E-state index contributed by atoms with van der Waals surface area (Å²) in [7, 11) is 0. The minimum atomic E-state index is 0.245. The summed E-state index contributed by atoms with van der Waals surface area (Å²) in [6.45, 7) is 6.79. The smallest absolute Gasteiger partial charge is 0.144 e. The average Bonchev–Trinajstić information content (AvgIpc) is 3.24. The molecule has 0 N–H and O–H groups in total. The van der Waals surface area contributed by atoms with Crippen molar-refractivity contribution in [1.29, 1.82) is 0 Å². The maximum Gasteiger partial charge on any atom is 0.144 e. The van der Waals surface area contributed by atoms with Crippen LogP contribution in [0, 0.1) is 5.41 Å². The van der Waals surface area contributed by atoms with E-state index in [9.17, 15) is 0 Å². The van der Waals surface area contributed by atoms with E-state index in [1.165, 1.54) is 21.0 Å². The topological polar surface area (TPSA) is 26.0 Å². The Hall–Kier alpha value is -2.65. The number of benzene rings is 2. The molecule has 0 aliphatic rings. The predicted molar refractivity (Wildman–Crippen MR) is 115 cm³/mol. The van der Waals surface area contributed by atoms with Crippen LogP contribution in [-0.4, -0.2) is 4.98 Å². The average molecular weight is 372 g/mol. The van der Waals surface area contributed by atoms with E-state index < -0.39 is 0 Å². The van der Waals surface area contributed by atoms with Crippen LogP contribution in [-0.2, 0) is 6.42 Å². The lowest BCUT2D eigenvalue weighted by Gasteiger charge is -2.18. The first-order valence-electron chi connectivity index (χ1n) is 9.26. The van der Waals surface area contributed by atoms with Crippen molar-refractivity contribution >= 4 is 43.4 Å². The normalized spacial score (nSPS) is 12.4. The molecular weight excluding hydrogens is 350 g/mol. The Balaban J connectivity index is 1.74. The third-order valence-electron chi connectivity index (χ3n) is 4.93. The number of fused-ring (bicyclic) bond motifs is 5. The standard InChI is InChI=1S/C24H21NOS/c1-24(2,3)14-15-9-11-25-20(13-15)18-6-4-5-16-17-7-8-21-19(10-12-27-21)23(17)26-22(16)18/h4-13H,14H2,1-3H3. The fourth-order valence-electron chi connectivity index (χ4n) is 3.85. The number of aromatic nitrogens is 1. The zero-order valence-electron chi connectivity index (χ0n) is 15.7. The number of hydrogen-bond donors (Lipinski definition) is 0. The largest absolute Gasteiger partial charge is 0.455 e. The third-order valence-corrected chi connectivity index (χ3v) is 5.81. The van der Waals surface area contributed by atoms with Crippen LogP contribution >= 0.6 is 11.3 Å². The van der Waals surface area contributed by atoms with Gasteiger partial charge in [0.05, 0.1) is 5.69 Å². The molecule has 0 bridgehead atoms. The van der Waals surface area contributed by atoms with E-state index in [4.69, 9.17) is 4.42 Å². The molecule has 5 aromatic rings. The molecule has 0 spiro atoms. The number of nitrogens with zero attached hydrogens (tertiary/aromatic N) is 1. The SMILES string of the molecule is CC(C)(C)Cc1ccnc(-c2cccc3c2oc2c4ccsc4ccc32)c1. The predicted octanol–water partition coefficient (Wildman–Crippen LogP) is 7.45. The Bertz CT molecular complexity index is 1290. The van der Waals surface area contributed by atoms with Gasteiger partial charge in [0.15, 0.2) is 0 Å². The van der Waals surface area contributed by atoms with Crippen molar-refractivity contribution in [2.45, 2.75) is 27.2 Å². The summed E-state index contributed by atoms with van der Waals surface area (Å²) in [5.74, 6) is 0. The van der Waals surface area contributed by atoms with Gasteiger partial charge in [0.1, 0.15) is 11.2 Å². The van der Waals surface area contributed by atoms with Gasteiger partial charge in [-0.15, -0.1) is 11.3 Å². The molecule has 27 heavy (non-hydrogen) atoms. The molecule has 0 fully saturated rings. The van der Waals surface area contributed by atoms with Gasteiger partial charge in [-0.05, 0) is 59.2 Å². The van der Waals surface area contributed by atoms with Gasteiger partial charge in [-0.3, -0.25) is 4.98 Å². The van der Waals surface area contributed by atoms with Crippen molar-refractivity contribution in [2.24, 2.45) is 5.41 Å². The maximum atomic E-state index is 6.42. The lowest BCUT2D eigenvalue weighted by molar-refractivity contribution is 0.411. The highest BCUT2D eigenvalue weighted by atomic mass is 32.1. The van der Waals surface area contributed by atoms with E-state index in [1.54, 1.807) is 11.3 Å². The summed E-state index contributed by atoms with van der Waals surface area (Å²) >= 11 is 1.75. The van der Waals surface area contributed by atoms with Gasteiger partial charge >= 0.3 is 0 Å². The van der Waals surface area contributed by atoms with Crippen molar-refractivity contribution in [3.8, 4) is 11.3 Å². The van der Waals surface area contributed by atoms with Gasteiger partial charge in [0.2, 0.25) is 0 Å². The highest BCUT2D eigenvalue weighted by Gasteiger charge is 2.16. The molecule has 3 heteroatoms. The summed E-state index contributed by atoms with van der Waals surface area (Å²) in [5, 5.41) is 5.63. The second-order valence-electron chi connectivity index (χ2n) is 8.35. The van der Waals surface area contributed by atoms with Gasteiger partial charge in [-0.25, -0.2) is 0 Å². The summed E-state index contributed by atoms with van der Waals surface area (Å²) < 4.78 is 7.67. The fraction of sp³-hybridized carbons (Fsp3) is 0.208. The first-order chi connectivity index (χ1) is 13.0. The van der Waals surface area contributed by atoms with Crippen LogP contribution in [0.2, 0.25) is 0 Å². The van der Waals surface area contributed by atoms with Crippen LogP contribution in [0.3, 0.4) is 0 Å². The van der Waals surface area contributed by atoms with Crippen LogP contribution in [0.4, 0.5) is 0 Å². The monoisotopic (exact) mass is 371 g/mol. The highest BCUT2D eigenvalue weighted by Crippen LogP contribution is 2.39. The molecule has 0 saturated carbocycles. The molecule has 0 unspecified atom stereocenters. The molecule has 0 aliphatic heterocycles. The first kappa shape index (κ1) is 16.5. The molecule has 0 amide bonds. The molecule has 3 aromatic heterocycles. The molecule has 0 aliphatic carbocycles. The minimum absolute atomic E-state index is 0.245. The molecular formula is C24H21NOS. The van der Waals surface area contributed by atoms with E-state index in [0.717, 1.165) is 34.2 Å². The molecule has 2 aromatic carbocycles. The molecule has 3 heterocycles. The fourth-order valence-corrected chi connectivity index (χ4v) is 4.63. The summed E-state index contributed by atoms with van der Waals surface area (Å²) in [6, 6.07) is 17.2. The van der Waals surface area contributed by atoms with Gasteiger partial charge in [0.25, 0.3) is 0 Å².